The van der Waals surface area contributed by atoms with E-state index in [9.17, 15) is 4.79 Å². The third-order valence-corrected chi connectivity index (χ3v) is 5.83. The molecule has 136 valence electrons. The summed E-state index contributed by atoms with van der Waals surface area (Å²) in [6, 6.07) is 10.7. The van der Waals surface area contributed by atoms with Crippen molar-refractivity contribution in [1.29, 1.82) is 0 Å². The molecule has 25 heavy (non-hydrogen) atoms. The molecular weight excluding hydrogens is 316 g/mol. The van der Waals surface area contributed by atoms with Gasteiger partial charge in [0.15, 0.2) is 5.79 Å². The largest absolute Gasteiger partial charge is 0.369 e. The van der Waals surface area contributed by atoms with Crippen LogP contribution in [-0.4, -0.2) is 44.0 Å². The molecule has 0 bridgehead atoms. The molecule has 1 atom stereocenters. The van der Waals surface area contributed by atoms with Crippen molar-refractivity contribution in [3.8, 4) is 0 Å². The molecule has 2 heterocycles. The molecule has 5 nitrogen and oxygen atoms in total. The monoisotopic (exact) mass is 344 g/mol. The Labute approximate surface area is 149 Å². The molecular formula is C20H28N2O3. The van der Waals surface area contributed by atoms with Gasteiger partial charge in [0.05, 0.1) is 13.2 Å². The van der Waals surface area contributed by atoms with Crippen LogP contribution in [0.4, 0.5) is 5.69 Å². The van der Waals surface area contributed by atoms with Gasteiger partial charge in [-0.2, -0.15) is 0 Å². The van der Waals surface area contributed by atoms with Gasteiger partial charge in [0.25, 0.3) is 0 Å². The number of ether oxygens (including phenoxy) is 2. The van der Waals surface area contributed by atoms with Crippen molar-refractivity contribution in [2.24, 2.45) is 5.92 Å². The second-order valence-corrected chi connectivity index (χ2v) is 7.59. The molecule has 1 aliphatic carbocycles. The smallest absolute Gasteiger partial charge is 0.220 e. The number of carbonyl (C=O) groups excluding carboxylic acids is 1. The molecule has 1 saturated carbocycles. The quantitative estimate of drug-likeness (QED) is 0.912. The summed E-state index contributed by atoms with van der Waals surface area (Å²) >= 11 is 0. The molecule has 1 N–H and O–H groups in total. The molecule has 0 unspecified atom stereocenters. The van der Waals surface area contributed by atoms with Crippen LogP contribution in [0.1, 0.15) is 38.5 Å². The van der Waals surface area contributed by atoms with Gasteiger partial charge in [-0.3, -0.25) is 4.79 Å². The molecule has 1 aromatic carbocycles. The molecule has 1 aromatic rings. The van der Waals surface area contributed by atoms with E-state index in [1.807, 2.05) is 6.07 Å². The first kappa shape index (κ1) is 16.9. The van der Waals surface area contributed by atoms with E-state index in [2.05, 4.69) is 34.5 Å². The summed E-state index contributed by atoms with van der Waals surface area (Å²) in [7, 11) is 0. The van der Waals surface area contributed by atoms with E-state index in [-0.39, 0.29) is 17.7 Å². The predicted molar refractivity (Wildman–Crippen MR) is 96.4 cm³/mol. The summed E-state index contributed by atoms with van der Waals surface area (Å²) in [6.07, 6.45) is 5.56. The molecule has 5 heteroatoms. The van der Waals surface area contributed by atoms with Gasteiger partial charge in [0.1, 0.15) is 0 Å². The predicted octanol–water partition coefficient (Wildman–Crippen LogP) is 2.70. The van der Waals surface area contributed by atoms with E-state index in [0.29, 0.717) is 25.6 Å². The van der Waals surface area contributed by atoms with Gasteiger partial charge >= 0.3 is 0 Å². The minimum Gasteiger partial charge on any atom is -0.369 e. The van der Waals surface area contributed by atoms with Crippen molar-refractivity contribution in [3.63, 3.8) is 0 Å². The Morgan fingerprint density at radius 3 is 2.56 bits per heavy atom. The lowest BCUT2D eigenvalue weighted by atomic mass is 9.83. The van der Waals surface area contributed by atoms with Crippen molar-refractivity contribution in [3.05, 3.63) is 30.3 Å². The highest BCUT2D eigenvalue weighted by Gasteiger charge is 2.40. The first-order valence-corrected chi connectivity index (χ1v) is 9.60. The van der Waals surface area contributed by atoms with E-state index in [1.165, 1.54) is 5.69 Å². The summed E-state index contributed by atoms with van der Waals surface area (Å²) in [4.78, 5) is 14.8. The standard InChI is InChI=1S/C20H28N2O3/c23-19(14-16-6-9-20(10-7-16)24-12-13-25-20)21-17-8-11-22(15-17)18-4-2-1-3-5-18/h1-5,16-17H,6-15H2,(H,21,23)/t17-/m0/s1. The number of para-hydroxylation sites is 1. The first-order chi connectivity index (χ1) is 12.2. The maximum absolute atomic E-state index is 12.4. The Balaban J connectivity index is 1.21. The minimum atomic E-state index is -0.325. The van der Waals surface area contributed by atoms with Gasteiger partial charge in [-0.15, -0.1) is 0 Å². The minimum absolute atomic E-state index is 0.203. The van der Waals surface area contributed by atoms with Crippen LogP contribution in [-0.2, 0) is 14.3 Å². The fourth-order valence-electron chi connectivity index (χ4n) is 4.41. The number of benzene rings is 1. The van der Waals surface area contributed by atoms with Crippen molar-refractivity contribution in [2.45, 2.75) is 50.4 Å². The lowest BCUT2D eigenvalue weighted by molar-refractivity contribution is -0.183. The Hall–Kier alpha value is -1.59. The second-order valence-electron chi connectivity index (χ2n) is 7.59. The van der Waals surface area contributed by atoms with Gasteiger partial charge in [0, 0.05) is 44.1 Å². The van der Waals surface area contributed by atoms with Crippen LogP contribution >= 0.6 is 0 Å². The highest BCUT2D eigenvalue weighted by molar-refractivity contribution is 5.76. The Bertz CT molecular complexity index is 576. The van der Waals surface area contributed by atoms with E-state index < -0.39 is 0 Å². The number of rotatable bonds is 4. The average Bonchev–Trinajstić information content (AvgIpc) is 3.28. The van der Waals surface area contributed by atoms with Crippen molar-refractivity contribution < 1.29 is 14.3 Å². The number of hydrogen-bond donors (Lipinski definition) is 1. The summed E-state index contributed by atoms with van der Waals surface area (Å²) in [5, 5.41) is 3.24. The second kappa shape index (κ2) is 7.34. The Morgan fingerprint density at radius 2 is 1.84 bits per heavy atom. The fraction of sp³-hybridized carbons (Fsp3) is 0.650. The van der Waals surface area contributed by atoms with Crippen LogP contribution in [0.5, 0.6) is 0 Å². The van der Waals surface area contributed by atoms with Crippen molar-refractivity contribution in [1.82, 2.24) is 5.32 Å². The zero-order valence-electron chi connectivity index (χ0n) is 14.8. The lowest BCUT2D eigenvalue weighted by Crippen LogP contribution is -2.40. The molecule has 3 fully saturated rings. The maximum atomic E-state index is 12.4. The summed E-state index contributed by atoms with van der Waals surface area (Å²) < 4.78 is 11.5. The summed E-state index contributed by atoms with van der Waals surface area (Å²) in [5.41, 5.74) is 1.24. The Morgan fingerprint density at radius 1 is 1.12 bits per heavy atom. The molecule has 2 saturated heterocycles. The van der Waals surface area contributed by atoms with Crippen LogP contribution < -0.4 is 10.2 Å². The van der Waals surface area contributed by atoms with Crippen LogP contribution in [0.25, 0.3) is 0 Å². The normalized spacial score (nSPS) is 26.2. The third-order valence-electron chi connectivity index (χ3n) is 5.83. The van der Waals surface area contributed by atoms with Gasteiger partial charge in [-0.25, -0.2) is 0 Å². The fourth-order valence-corrected chi connectivity index (χ4v) is 4.41. The van der Waals surface area contributed by atoms with Crippen LogP contribution in [0, 0.1) is 5.92 Å². The number of hydrogen-bond acceptors (Lipinski definition) is 4. The highest BCUT2D eigenvalue weighted by atomic mass is 16.7. The molecule has 0 radical (unpaired) electrons. The molecule has 1 amide bonds. The SMILES string of the molecule is O=C(CC1CCC2(CC1)OCCO2)N[C@H]1CCN(c2ccccc2)C1. The number of carbonyl (C=O) groups is 1. The van der Waals surface area contributed by atoms with Crippen molar-refractivity contribution >= 4 is 11.6 Å². The zero-order chi connectivity index (χ0) is 17.1. The number of nitrogens with zero attached hydrogens (tertiary/aromatic N) is 1. The third kappa shape index (κ3) is 3.98. The first-order valence-electron chi connectivity index (χ1n) is 9.60. The molecule has 3 aliphatic rings. The van der Waals surface area contributed by atoms with E-state index in [0.717, 1.165) is 45.2 Å². The summed E-state index contributed by atoms with van der Waals surface area (Å²) in [5.74, 6) is 0.341. The van der Waals surface area contributed by atoms with Crippen LogP contribution in [0.2, 0.25) is 0 Å². The number of amides is 1. The Kier molecular flexibility index (Phi) is 4.95. The molecule has 4 rings (SSSR count). The molecule has 0 aromatic heterocycles. The molecule has 1 spiro atoms. The van der Waals surface area contributed by atoms with Gasteiger partial charge in [0.2, 0.25) is 5.91 Å². The average molecular weight is 344 g/mol. The van der Waals surface area contributed by atoms with Crippen molar-refractivity contribution in [2.75, 3.05) is 31.2 Å². The lowest BCUT2D eigenvalue weighted by Gasteiger charge is -2.35. The summed E-state index contributed by atoms with van der Waals surface area (Å²) in [6.45, 7) is 3.34. The number of nitrogens with one attached hydrogen (secondary N) is 1. The van der Waals surface area contributed by atoms with Gasteiger partial charge in [-0.05, 0) is 37.3 Å². The maximum Gasteiger partial charge on any atom is 0.220 e. The molecule has 2 aliphatic heterocycles. The van der Waals surface area contributed by atoms with E-state index in [1.54, 1.807) is 0 Å². The zero-order valence-corrected chi connectivity index (χ0v) is 14.8. The van der Waals surface area contributed by atoms with Crippen LogP contribution in [0.15, 0.2) is 30.3 Å². The number of anilines is 1. The highest BCUT2D eigenvalue weighted by Crippen LogP contribution is 2.39. The van der Waals surface area contributed by atoms with Crippen LogP contribution in [0.3, 0.4) is 0 Å². The van der Waals surface area contributed by atoms with Gasteiger partial charge < -0.3 is 19.7 Å². The van der Waals surface area contributed by atoms with E-state index >= 15 is 0 Å². The topological polar surface area (TPSA) is 50.8 Å². The van der Waals surface area contributed by atoms with E-state index in [4.69, 9.17) is 9.47 Å². The van der Waals surface area contributed by atoms with Gasteiger partial charge in [-0.1, -0.05) is 18.2 Å².